The summed E-state index contributed by atoms with van der Waals surface area (Å²) >= 11 is -0.826. The Balaban J connectivity index is 0.000000332. The van der Waals surface area contributed by atoms with Crippen LogP contribution in [0.15, 0.2) is 30.3 Å². The van der Waals surface area contributed by atoms with Gasteiger partial charge in [-0.15, -0.1) is 0 Å². The van der Waals surface area contributed by atoms with Gasteiger partial charge in [0.2, 0.25) is 0 Å². The molecule has 5 rings (SSSR count). The summed E-state index contributed by atoms with van der Waals surface area (Å²) in [5, 5.41) is 0. The predicted molar refractivity (Wildman–Crippen MR) is 146 cm³/mol. The average Bonchev–Trinajstić information content (AvgIpc) is 3.52. The van der Waals surface area contributed by atoms with Gasteiger partial charge in [0.25, 0.3) is 0 Å². The quantitative estimate of drug-likeness (QED) is 0.315. The van der Waals surface area contributed by atoms with Gasteiger partial charge in [0.1, 0.15) is 0 Å². The molecule has 0 nitrogen and oxygen atoms in total. The molecule has 0 aromatic heterocycles. The first-order valence-electron chi connectivity index (χ1n) is 13.2. The third-order valence-corrected chi connectivity index (χ3v) is 8.86. The third-order valence-electron chi connectivity index (χ3n) is 8.86. The fourth-order valence-corrected chi connectivity index (χ4v) is 7.65. The number of benzene rings is 1. The summed E-state index contributed by atoms with van der Waals surface area (Å²) in [6, 6.07) is 11.5. The molecule has 4 saturated carbocycles. The van der Waals surface area contributed by atoms with Crippen molar-refractivity contribution in [1.29, 1.82) is 0 Å². The molecule has 1 aromatic carbocycles. The van der Waals surface area contributed by atoms with Crippen molar-refractivity contribution >= 4 is 17.0 Å². The minimum atomic E-state index is -0.826. The molecular formula is C30H50Cl2Zr. The number of hydrogen-bond donors (Lipinski definition) is 0. The van der Waals surface area contributed by atoms with Crippen LogP contribution in [0, 0.1) is 50.4 Å². The van der Waals surface area contributed by atoms with Crippen molar-refractivity contribution in [2.24, 2.45) is 35.5 Å². The first-order valence-corrected chi connectivity index (χ1v) is 19.5. The van der Waals surface area contributed by atoms with Gasteiger partial charge in [0, 0.05) is 0 Å². The van der Waals surface area contributed by atoms with Crippen LogP contribution in [0.25, 0.3) is 0 Å². The molecule has 33 heavy (non-hydrogen) atoms. The predicted octanol–water partition coefficient (Wildman–Crippen LogP) is 10.9. The van der Waals surface area contributed by atoms with Crippen LogP contribution in [0.2, 0.25) is 0 Å². The van der Waals surface area contributed by atoms with Gasteiger partial charge >= 0.3 is 37.9 Å². The van der Waals surface area contributed by atoms with Gasteiger partial charge in [-0.3, -0.25) is 0 Å². The zero-order chi connectivity index (χ0) is 22.1. The second-order valence-corrected chi connectivity index (χ2v) is 14.6. The van der Waals surface area contributed by atoms with E-state index in [0.29, 0.717) is 0 Å². The molecular weight excluding hydrogens is 522 g/mol. The summed E-state index contributed by atoms with van der Waals surface area (Å²) in [6.07, 6.45) is 19.5. The molecule has 4 fully saturated rings. The van der Waals surface area contributed by atoms with E-state index in [1.165, 1.54) is 77.0 Å². The summed E-state index contributed by atoms with van der Waals surface area (Å²) in [7, 11) is 9.87. The fraction of sp³-hybridized carbons (Fsp3) is 0.733. The van der Waals surface area contributed by atoms with Gasteiger partial charge in [0.15, 0.2) is 0 Å². The maximum atomic E-state index is 4.93. The summed E-state index contributed by atoms with van der Waals surface area (Å²) in [4.78, 5) is 0. The van der Waals surface area contributed by atoms with Crippen molar-refractivity contribution in [1.82, 2.24) is 0 Å². The summed E-state index contributed by atoms with van der Waals surface area (Å²) in [6.45, 7) is 4.77. The van der Waals surface area contributed by atoms with Gasteiger partial charge in [-0.25, -0.2) is 0 Å². The summed E-state index contributed by atoms with van der Waals surface area (Å²) < 4.78 is 0. The van der Waals surface area contributed by atoms with E-state index in [-0.39, 0.29) is 14.9 Å². The van der Waals surface area contributed by atoms with Crippen LogP contribution >= 0.6 is 17.0 Å². The Hall–Kier alpha value is 0.683. The average molecular weight is 573 g/mol. The Kier molecular flexibility index (Phi) is 16.5. The molecule has 3 heteroatoms. The molecule has 0 radical (unpaired) electrons. The molecule has 0 spiro atoms. The monoisotopic (exact) mass is 570 g/mol. The topological polar surface area (TPSA) is 0 Å². The second-order valence-electron chi connectivity index (χ2n) is 10.9. The van der Waals surface area contributed by atoms with Crippen LogP contribution in [0.4, 0.5) is 0 Å². The van der Waals surface area contributed by atoms with E-state index in [9.17, 15) is 0 Å². The van der Waals surface area contributed by atoms with Crippen molar-refractivity contribution < 1.29 is 20.8 Å². The van der Waals surface area contributed by atoms with E-state index in [0.717, 1.165) is 41.4 Å². The molecule has 6 unspecified atom stereocenters. The molecule has 1 aromatic rings. The number of fused-ring (bicyclic) bond motifs is 2. The van der Waals surface area contributed by atoms with E-state index >= 15 is 0 Å². The van der Waals surface area contributed by atoms with E-state index in [1.54, 1.807) is 12.0 Å². The van der Waals surface area contributed by atoms with Gasteiger partial charge < -0.3 is 14.9 Å². The van der Waals surface area contributed by atoms with Gasteiger partial charge in [-0.05, 0) is 72.7 Å². The number of halogens is 2. The van der Waals surface area contributed by atoms with Gasteiger partial charge in [0.05, 0.1) is 0 Å². The molecule has 4 aliphatic carbocycles. The summed E-state index contributed by atoms with van der Waals surface area (Å²) in [5.41, 5.74) is 1.66. The third kappa shape index (κ3) is 9.25. The minimum absolute atomic E-state index is 0. The van der Waals surface area contributed by atoms with Crippen LogP contribution in [0.3, 0.4) is 0 Å². The molecule has 0 amide bonds. The van der Waals surface area contributed by atoms with Crippen molar-refractivity contribution in [3.05, 3.63) is 50.7 Å². The number of rotatable bonds is 4. The molecule has 0 heterocycles. The van der Waals surface area contributed by atoms with E-state index in [1.807, 2.05) is 0 Å². The normalized spacial score (nSPS) is 31.9. The van der Waals surface area contributed by atoms with Crippen molar-refractivity contribution in [2.75, 3.05) is 0 Å². The molecule has 0 aliphatic heterocycles. The van der Waals surface area contributed by atoms with Crippen LogP contribution in [0.5, 0.6) is 0 Å². The Morgan fingerprint density at radius 3 is 2.12 bits per heavy atom. The van der Waals surface area contributed by atoms with Crippen molar-refractivity contribution in [2.45, 2.75) is 103 Å². The Morgan fingerprint density at radius 2 is 1.48 bits per heavy atom. The molecule has 0 N–H and O–H groups in total. The first-order chi connectivity index (χ1) is 15.2. The molecule has 0 saturated heterocycles. The fourth-order valence-electron chi connectivity index (χ4n) is 7.65. The molecule has 4 aliphatic rings. The standard InChI is InChI=1S/C19H26.C9H18.2CH3.2ClH.Zr/c1-13-10-16-12-15-8-5-9-17(15)19(18(16)11-13)14-6-3-2-4-7-14;1-2-3-6-9-7-4-5-8-9;;;;;/h2-4,6-7,13,15-19H,5,8-12H2,1H3;9H,2-8H2,1H3;2*1H3;2*1H;/q;;2*-1;;;+4/p-2. The van der Waals surface area contributed by atoms with Gasteiger partial charge in [-0.1, -0.05) is 102 Å². The van der Waals surface area contributed by atoms with Gasteiger partial charge in [-0.2, -0.15) is 0 Å². The Labute approximate surface area is 226 Å². The molecule has 188 valence electrons. The second kappa shape index (κ2) is 17.2. The van der Waals surface area contributed by atoms with Crippen LogP contribution in [0.1, 0.15) is 109 Å². The number of unbranched alkanes of at least 4 members (excludes halogenated alkanes) is 1. The Bertz CT molecular complexity index is 601. The number of hydrogen-bond acceptors (Lipinski definition) is 0. The maximum absolute atomic E-state index is 4.93. The summed E-state index contributed by atoms with van der Waals surface area (Å²) in [5.74, 6) is 7.07. The molecule has 6 atom stereocenters. The first kappa shape index (κ1) is 31.7. The SMILES string of the molecule is CC1CC2CC3CCCC3C(c3ccccc3)C2C1.CCCCC1CCCC1.[CH3-].[CH3-].[Cl][Zr+2][Cl]. The van der Waals surface area contributed by atoms with Crippen molar-refractivity contribution in [3.8, 4) is 0 Å². The molecule has 0 bridgehead atoms. The van der Waals surface area contributed by atoms with Crippen LogP contribution in [-0.2, 0) is 20.8 Å². The van der Waals surface area contributed by atoms with E-state index < -0.39 is 20.8 Å². The Morgan fingerprint density at radius 1 is 0.818 bits per heavy atom. The zero-order valence-corrected chi connectivity index (χ0v) is 25.8. The zero-order valence-electron chi connectivity index (χ0n) is 21.9. The van der Waals surface area contributed by atoms with Crippen LogP contribution < -0.4 is 0 Å². The van der Waals surface area contributed by atoms with E-state index in [4.69, 9.17) is 17.0 Å². The van der Waals surface area contributed by atoms with Crippen LogP contribution in [-0.4, -0.2) is 0 Å². The van der Waals surface area contributed by atoms with E-state index in [2.05, 4.69) is 44.2 Å². The van der Waals surface area contributed by atoms with Crippen molar-refractivity contribution in [3.63, 3.8) is 0 Å².